The van der Waals surface area contributed by atoms with Gasteiger partial charge in [-0.1, -0.05) is 60.7 Å². The molecule has 1 aliphatic heterocycles. The highest BCUT2D eigenvalue weighted by molar-refractivity contribution is 7.90. The van der Waals surface area contributed by atoms with E-state index in [2.05, 4.69) is 0 Å². The van der Waals surface area contributed by atoms with Gasteiger partial charge in [0.25, 0.3) is 15.9 Å². The summed E-state index contributed by atoms with van der Waals surface area (Å²) in [4.78, 5) is 26.7. The molecule has 3 aromatic carbocycles. The number of halogens is 1. The monoisotopic (exact) mass is 466 g/mol. The number of carbonyl (C=O) groups excluding carboxylic acids is 2. The lowest BCUT2D eigenvalue weighted by Gasteiger charge is -2.49. The highest BCUT2D eigenvalue weighted by Gasteiger charge is 2.50. The summed E-state index contributed by atoms with van der Waals surface area (Å²) in [6.45, 7) is 1.88. The van der Waals surface area contributed by atoms with E-state index in [1.54, 1.807) is 0 Å². The zero-order valence-corrected chi connectivity index (χ0v) is 18.8. The van der Waals surface area contributed by atoms with Crippen LogP contribution in [0.2, 0.25) is 0 Å². The number of benzene rings is 3. The zero-order valence-electron chi connectivity index (χ0n) is 18.0. The molecule has 0 saturated carbocycles. The van der Waals surface area contributed by atoms with Crippen LogP contribution in [0.15, 0.2) is 83.8 Å². The first-order valence-electron chi connectivity index (χ1n) is 10.5. The van der Waals surface area contributed by atoms with Gasteiger partial charge in [-0.2, -0.15) is 0 Å². The Hall–Kier alpha value is -3.52. The van der Waals surface area contributed by atoms with Crippen LogP contribution in [0.25, 0.3) is 11.1 Å². The number of amides is 2. The maximum absolute atomic E-state index is 13.4. The van der Waals surface area contributed by atoms with Gasteiger partial charge in [0.05, 0.1) is 11.3 Å². The predicted molar refractivity (Wildman–Crippen MR) is 122 cm³/mol. The second kappa shape index (κ2) is 8.78. The first-order valence-corrected chi connectivity index (χ1v) is 11.9. The summed E-state index contributed by atoms with van der Waals surface area (Å²) in [6.07, 6.45) is 0.421. The molecule has 1 N–H and O–H groups in total. The van der Waals surface area contributed by atoms with Crippen molar-refractivity contribution in [3.8, 4) is 11.1 Å². The SMILES string of the molecule is CC1(C(=O)NS(=O)(=O)c2cccc(F)c2)CCN1C(=O)Cc1ccc(-c2ccccc2)cc1. The number of hydrogen-bond acceptors (Lipinski definition) is 4. The van der Waals surface area contributed by atoms with Crippen molar-refractivity contribution >= 4 is 21.8 Å². The molecule has 2 amide bonds. The van der Waals surface area contributed by atoms with Gasteiger partial charge in [0, 0.05) is 6.54 Å². The van der Waals surface area contributed by atoms with Gasteiger partial charge in [-0.25, -0.2) is 17.5 Å². The fraction of sp³-hybridized carbons (Fsp3) is 0.200. The summed E-state index contributed by atoms with van der Waals surface area (Å²) in [5.74, 6) is -1.81. The number of nitrogens with zero attached hydrogens (tertiary/aromatic N) is 1. The Morgan fingerprint density at radius 1 is 0.970 bits per heavy atom. The van der Waals surface area contributed by atoms with Crippen molar-refractivity contribution in [1.82, 2.24) is 9.62 Å². The third-order valence-electron chi connectivity index (χ3n) is 5.96. The lowest BCUT2D eigenvalue weighted by molar-refractivity contribution is -0.156. The van der Waals surface area contributed by atoms with Crippen molar-refractivity contribution in [1.29, 1.82) is 0 Å². The average Bonchev–Trinajstić information content (AvgIpc) is 2.78. The Morgan fingerprint density at radius 3 is 2.24 bits per heavy atom. The van der Waals surface area contributed by atoms with Gasteiger partial charge in [0.2, 0.25) is 5.91 Å². The van der Waals surface area contributed by atoms with Crippen LogP contribution >= 0.6 is 0 Å². The highest BCUT2D eigenvalue weighted by atomic mass is 32.2. The van der Waals surface area contributed by atoms with Crippen molar-refractivity contribution < 1.29 is 22.4 Å². The normalized spacial score (nSPS) is 17.8. The summed E-state index contributed by atoms with van der Waals surface area (Å²) in [5.41, 5.74) is 1.60. The Kier molecular flexibility index (Phi) is 6.03. The molecule has 1 heterocycles. The van der Waals surface area contributed by atoms with Crippen LogP contribution in [0.4, 0.5) is 4.39 Å². The Morgan fingerprint density at radius 2 is 1.64 bits per heavy atom. The molecule has 4 rings (SSSR count). The Bertz CT molecular complexity index is 1290. The van der Waals surface area contributed by atoms with Crippen LogP contribution in [-0.4, -0.2) is 37.2 Å². The van der Waals surface area contributed by atoms with E-state index >= 15 is 0 Å². The molecule has 8 heteroatoms. The quantitative estimate of drug-likeness (QED) is 0.603. The molecule has 1 aliphatic rings. The Balaban J connectivity index is 1.43. The summed E-state index contributed by atoms with van der Waals surface area (Å²) < 4.78 is 40.4. The van der Waals surface area contributed by atoms with E-state index in [4.69, 9.17) is 0 Å². The highest BCUT2D eigenvalue weighted by Crippen LogP contribution is 2.32. The maximum Gasteiger partial charge on any atom is 0.264 e. The fourth-order valence-corrected chi connectivity index (χ4v) is 4.94. The molecule has 6 nitrogen and oxygen atoms in total. The lowest BCUT2D eigenvalue weighted by atomic mass is 9.85. The van der Waals surface area contributed by atoms with Crippen molar-refractivity contribution in [3.05, 3.63) is 90.2 Å². The number of hydrogen-bond donors (Lipinski definition) is 1. The minimum absolute atomic E-state index is 0.0919. The van der Waals surface area contributed by atoms with Crippen LogP contribution in [0, 0.1) is 5.82 Å². The molecule has 33 heavy (non-hydrogen) atoms. The van der Waals surface area contributed by atoms with Gasteiger partial charge < -0.3 is 4.90 Å². The number of likely N-dealkylation sites (tertiary alicyclic amines) is 1. The van der Waals surface area contributed by atoms with Gasteiger partial charge in [0.1, 0.15) is 11.4 Å². The zero-order chi connectivity index (χ0) is 23.6. The topological polar surface area (TPSA) is 83.6 Å². The van der Waals surface area contributed by atoms with Gasteiger partial charge in [-0.15, -0.1) is 0 Å². The van der Waals surface area contributed by atoms with E-state index in [9.17, 15) is 22.4 Å². The molecule has 0 aromatic heterocycles. The van der Waals surface area contributed by atoms with Gasteiger partial charge in [-0.3, -0.25) is 9.59 Å². The standard InChI is InChI=1S/C25H23FN2O4S/c1-25(24(30)27-33(31,32)22-9-5-8-21(26)17-22)14-15-28(25)23(29)16-18-10-12-20(13-11-18)19-6-3-2-4-7-19/h2-13,17H,14-16H2,1H3,(H,27,30). The van der Waals surface area contributed by atoms with E-state index < -0.39 is 27.3 Å². The average molecular weight is 467 g/mol. The molecule has 0 radical (unpaired) electrons. The second-order valence-corrected chi connectivity index (χ2v) is 9.88. The van der Waals surface area contributed by atoms with E-state index in [1.165, 1.54) is 24.0 Å². The molecule has 1 fully saturated rings. The van der Waals surface area contributed by atoms with E-state index in [0.29, 0.717) is 13.0 Å². The van der Waals surface area contributed by atoms with Crippen molar-refractivity contribution in [3.63, 3.8) is 0 Å². The number of sulfonamides is 1. The van der Waals surface area contributed by atoms with Gasteiger partial charge >= 0.3 is 0 Å². The molecule has 170 valence electrons. The van der Waals surface area contributed by atoms with Crippen molar-refractivity contribution in [2.75, 3.05) is 6.54 Å². The molecule has 0 aliphatic carbocycles. The van der Waals surface area contributed by atoms with Crippen LogP contribution < -0.4 is 4.72 Å². The molecular weight excluding hydrogens is 443 g/mol. The van der Waals surface area contributed by atoms with E-state index in [-0.39, 0.29) is 17.2 Å². The van der Waals surface area contributed by atoms with Gasteiger partial charge in [-0.05, 0) is 48.2 Å². The molecule has 0 spiro atoms. The van der Waals surface area contributed by atoms with Crippen molar-refractivity contribution in [2.24, 2.45) is 0 Å². The summed E-state index contributed by atoms with van der Waals surface area (Å²) >= 11 is 0. The van der Waals surface area contributed by atoms with Crippen molar-refractivity contribution in [2.45, 2.75) is 30.2 Å². The summed E-state index contributed by atoms with van der Waals surface area (Å²) in [7, 11) is -4.26. The van der Waals surface area contributed by atoms with Crippen LogP contribution in [0.1, 0.15) is 18.9 Å². The molecule has 3 aromatic rings. The first-order chi connectivity index (χ1) is 15.7. The molecule has 0 bridgehead atoms. The van der Waals surface area contributed by atoms with Gasteiger partial charge in [0.15, 0.2) is 0 Å². The summed E-state index contributed by atoms with van der Waals surface area (Å²) in [6, 6.07) is 21.9. The van der Waals surface area contributed by atoms with E-state index in [0.717, 1.165) is 28.8 Å². The predicted octanol–water partition coefficient (Wildman–Crippen LogP) is 3.53. The minimum Gasteiger partial charge on any atom is -0.328 e. The van der Waals surface area contributed by atoms with E-state index in [1.807, 2.05) is 59.3 Å². The lowest BCUT2D eigenvalue weighted by Crippen LogP contribution is -2.68. The molecule has 1 unspecified atom stereocenters. The third kappa shape index (κ3) is 4.66. The molecular formula is C25H23FN2O4S. The number of rotatable bonds is 6. The number of nitrogens with one attached hydrogen (secondary N) is 1. The maximum atomic E-state index is 13.4. The minimum atomic E-state index is -4.26. The molecule has 1 atom stereocenters. The Labute approximate surface area is 192 Å². The largest absolute Gasteiger partial charge is 0.328 e. The third-order valence-corrected chi connectivity index (χ3v) is 7.29. The van der Waals surface area contributed by atoms with Crippen LogP contribution in [-0.2, 0) is 26.0 Å². The van der Waals surface area contributed by atoms with Crippen LogP contribution in [0.3, 0.4) is 0 Å². The fourth-order valence-electron chi connectivity index (χ4n) is 3.84. The number of carbonyl (C=O) groups is 2. The second-order valence-electron chi connectivity index (χ2n) is 8.20. The van der Waals surface area contributed by atoms with Crippen LogP contribution in [0.5, 0.6) is 0 Å². The summed E-state index contributed by atoms with van der Waals surface area (Å²) in [5, 5.41) is 0. The first kappa shape index (κ1) is 22.7. The molecule has 1 saturated heterocycles. The smallest absolute Gasteiger partial charge is 0.264 e.